The molecule has 1 atom stereocenters. The van der Waals surface area contributed by atoms with Crippen LogP contribution in [-0.2, 0) is 31.2 Å². The van der Waals surface area contributed by atoms with Crippen LogP contribution in [0.5, 0.6) is 0 Å². The molecule has 1 aliphatic carbocycles. The molecule has 51 heavy (non-hydrogen) atoms. The molecule has 0 radical (unpaired) electrons. The molecule has 14 heteroatoms. The molecule has 268 valence electrons. The zero-order valence-corrected chi connectivity index (χ0v) is 30.5. The van der Waals surface area contributed by atoms with E-state index in [2.05, 4.69) is 57.0 Å². The predicted molar refractivity (Wildman–Crippen MR) is 202 cm³/mol. The van der Waals surface area contributed by atoms with Crippen LogP contribution >= 0.6 is 13.5 Å². The third-order valence-electron chi connectivity index (χ3n) is 10.6. The van der Waals surface area contributed by atoms with Gasteiger partial charge in [-0.3, -0.25) is 18.9 Å². The molecule has 0 amide bonds. The third kappa shape index (κ3) is 6.24. The molecule has 0 saturated carbocycles. The van der Waals surface area contributed by atoms with Gasteiger partial charge in [0.05, 0.1) is 37.7 Å². The summed E-state index contributed by atoms with van der Waals surface area (Å²) in [4.78, 5) is 41.2. The van der Waals surface area contributed by atoms with Crippen LogP contribution in [0.2, 0.25) is 0 Å². The number of hydrogen-bond acceptors (Lipinski definition) is 10. The average molecular weight is 712 g/mol. The molecule has 0 spiro atoms. The fourth-order valence-corrected chi connectivity index (χ4v) is 7.85. The van der Waals surface area contributed by atoms with Gasteiger partial charge in [0, 0.05) is 61.9 Å². The minimum absolute atomic E-state index is 0. The van der Waals surface area contributed by atoms with Crippen LogP contribution < -0.4 is 21.3 Å². The first-order valence-electron chi connectivity index (χ1n) is 17.4. The topological polar surface area (TPSA) is 135 Å². The summed E-state index contributed by atoms with van der Waals surface area (Å²) in [5, 5.41) is 18.4. The molecule has 3 aliphatic rings. The van der Waals surface area contributed by atoms with Gasteiger partial charge in [-0.1, -0.05) is 20.8 Å². The lowest BCUT2D eigenvalue weighted by atomic mass is 9.90. The maximum Gasteiger partial charge on any atom is 0.297 e. The van der Waals surface area contributed by atoms with Gasteiger partial charge in [-0.2, -0.15) is 23.3 Å². The Morgan fingerprint density at radius 2 is 1.88 bits per heavy atom. The monoisotopic (exact) mass is 711 g/mol. The molecular formula is C37H45N9O4S. The van der Waals surface area contributed by atoms with Gasteiger partial charge in [-0.05, 0) is 66.1 Å². The third-order valence-corrected chi connectivity index (χ3v) is 10.6. The van der Waals surface area contributed by atoms with E-state index in [-0.39, 0.29) is 42.5 Å². The summed E-state index contributed by atoms with van der Waals surface area (Å²) in [6.07, 6.45) is 9.62. The van der Waals surface area contributed by atoms with Crippen LogP contribution in [0.1, 0.15) is 44.0 Å². The highest BCUT2D eigenvalue weighted by atomic mass is 32.1. The Balaban J connectivity index is 0.00000406. The number of fused-ring (bicyclic) bond motifs is 3. The number of aliphatic hydroxyl groups is 1. The second-order valence-electron chi connectivity index (χ2n) is 14.6. The number of piperazine rings is 1. The number of rotatable bonds is 8. The molecule has 5 aromatic heterocycles. The molecule has 2 aliphatic heterocycles. The fraction of sp³-hybridized carbons (Fsp3) is 0.432. The number of ether oxygens (including phenoxy) is 1. The van der Waals surface area contributed by atoms with Gasteiger partial charge in [0.15, 0.2) is 5.82 Å². The highest BCUT2D eigenvalue weighted by Crippen LogP contribution is 2.37. The standard InChI is InChI=1S/C37H43N9O4.H2S/c1-5-25-18-43(27-20-50-21-27)10-11-44(25)26-6-7-33(39-16-26)41-30-12-24(17-42(4)35(30)48)28-8-9-38-34(29(28)19-47)46-36(49)31-13-23-14-37(2,3)15-32(23)45(31)22-40-46;/h6-9,12-13,16-17,22,25,27,47H,5,10-11,14-15,18-21H2,1-4H3,(H,39,41);1H2/t25-;/m0./s1. The Hall–Kier alpha value is -4.50. The Bertz CT molecular complexity index is 2210. The highest BCUT2D eigenvalue weighted by Gasteiger charge is 2.34. The zero-order chi connectivity index (χ0) is 34.7. The van der Waals surface area contributed by atoms with E-state index in [9.17, 15) is 14.7 Å². The summed E-state index contributed by atoms with van der Waals surface area (Å²) in [7, 11) is 1.68. The van der Waals surface area contributed by atoms with Gasteiger partial charge in [0.2, 0.25) is 0 Å². The van der Waals surface area contributed by atoms with E-state index in [0.29, 0.717) is 45.8 Å². The molecule has 8 rings (SSSR count). The smallest absolute Gasteiger partial charge is 0.297 e. The van der Waals surface area contributed by atoms with Crippen molar-refractivity contribution in [3.05, 3.63) is 92.8 Å². The summed E-state index contributed by atoms with van der Waals surface area (Å²) >= 11 is 0. The predicted octanol–water partition coefficient (Wildman–Crippen LogP) is 3.41. The maximum atomic E-state index is 13.8. The lowest BCUT2D eigenvalue weighted by molar-refractivity contribution is -0.0698. The van der Waals surface area contributed by atoms with Crippen LogP contribution in [0.25, 0.3) is 22.5 Å². The highest BCUT2D eigenvalue weighted by molar-refractivity contribution is 7.59. The number of nitrogens with zero attached hydrogens (tertiary/aromatic N) is 8. The van der Waals surface area contributed by atoms with Crippen molar-refractivity contribution in [2.24, 2.45) is 12.5 Å². The Labute approximate surface area is 303 Å². The largest absolute Gasteiger partial charge is 0.392 e. The van der Waals surface area contributed by atoms with Crippen LogP contribution in [0, 0.1) is 5.41 Å². The minimum Gasteiger partial charge on any atom is -0.392 e. The van der Waals surface area contributed by atoms with Crippen molar-refractivity contribution < 1.29 is 9.84 Å². The van der Waals surface area contributed by atoms with Crippen molar-refractivity contribution in [2.75, 3.05) is 43.1 Å². The molecule has 7 heterocycles. The molecule has 0 bridgehead atoms. The van der Waals surface area contributed by atoms with E-state index >= 15 is 0 Å². The van der Waals surface area contributed by atoms with Gasteiger partial charge >= 0.3 is 0 Å². The lowest BCUT2D eigenvalue weighted by Gasteiger charge is -2.47. The SMILES string of the molecule is CC[C@H]1CN(C2COC2)CCN1c1ccc(Nc2cc(-c3ccnc(-n4ncn5c6c(cc5c4=O)CC(C)(C)C6)c3CO)cn(C)c2=O)nc1.S. The van der Waals surface area contributed by atoms with Crippen molar-refractivity contribution in [1.82, 2.24) is 33.6 Å². The van der Waals surface area contributed by atoms with E-state index in [1.165, 1.54) is 9.25 Å². The number of aryl methyl sites for hydroxylation is 1. The molecule has 2 saturated heterocycles. The summed E-state index contributed by atoms with van der Waals surface area (Å²) < 4.78 is 10.0. The first-order chi connectivity index (χ1) is 24.1. The van der Waals surface area contributed by atoms with Crippen LogP contribution in [0.4, 0.5) is 17.2 Å². The Kier molecular flexibility index (Phi) is 9.29. The van der Waals surface area contributed by atoms with Crippen molar-refractivity contribution >= 4 is 36.2 Å². The van der Waals surface area contributed by atoms with Gasteiger partial charge in [-0.15, -0.1) is 0 Å². The van der Waals surface area contributed by atoms with E-state index < -0.39 is 0 Å². The fourth-order valence-electron chi connectivity index (χ4n) is 7.85. The molecule has 5 aromatic rings. The molecule has 13 nitrogen and oxygen atoms in total. The van der Waals surface area contributed by atoms with E-state index in [1.807, 2.05) is 22.7 Å². The number of aromatic nitrogens is 6. The van der Waals surface area contributed by atoms with Gasteiger partial charge < -0.3 is 24.6 Å². The van der Waals surface area contributed by atoms with Crippen molar-refractivity contribution in [3.63, 3.8) is 0 Å². The summed E-state index contributed by atoms with van der Waals surface area (Å²) in [6, 6.07) is 10.3. The second kappa shape index (κ2) is 13.6. The van der Waals surface area contributed by atoms with Crippen LogP contribution in [0.15, 0.2) is 64.8 Å². The molecular weight excluding hydrogens is 667 g/mol. The number of nitrogens with one attached hydrogen (secondary N) is 1. The molecule has 2 fully saturated rings. The summed E-state index contributed by atoms with van der Waals surface area (Å²) in [5.74, 6) is 0.790. The second-order valence-corrected chi connectivity index (χ2v) is 14.6. The molecule has 2 N–H and O–H groups in total. The average Bonchev–Trinajstić information content (AvgIpc) is 3.58. The van der Waals surface area contributed by atoms with Crippen molar-refractivity contribution in [2.45, 2.75) is 58.7 Å². The first kappa shape index (κ1) is 34.9. The van der Waals surface area contributed by atoms with Gasteiger partial charge in [0.1, 0.15) is 23.3 Å². The van der Waals surface area contributed by atoms with E-state index in [4.69, 9.17) is 4.74 Å². The Morgan fingerprint density at radius 1 is 1.06 bits per heavy atom. The van der Waals surface area contributed by atoms with Crippen LogP contribution in [0.3, 0.4) is 0 Å². The van der Waals surface area contributed by atoms with Crippen molar-refractivity contribution in [1.29, 1.82) is 0 Å². The van der Waals surface area contributed by atoms with E-state index in [1.54, 1.807) is 37.9 Å². The number of anilines is 3. The van der Waals surface area contributed by atoms with E-state index in [0.717, 1.165) is 69.1 Å². The normalized spacial score (nSPS) is 18.8. The molecule has 0 aromatic carbocycles. The quantitative estimate of drug-likeness (QED) is 0.247. The summed E-state index contributed by atoms with van der Waals surface area (Å²) in [5.41, 5.74) is 5.52. The number of pyridine rings is 3. The lowest BCUT2D eigenvalue weighted by Crippen LogP contribution is -2.60. The number of aliphatic hydroxyl groups excluding tert-OH is 1. The zero-order valence-electron chi connectivity index (χ0n) is 29.5. The number of hydrogen-bond donors (Lipinski definition) is 2. The van der Waals surface area contributed by atoms with Gasteiger partial charge in [-0.25, -0.2) is 9.97 Å². The van der Waals surface area contributed by atoms with Gasteiger partial charge in [0.25, 0.3) is 11.1 Å². The maximum absolute atomic E-state index is 13.8. The summed E-state index contributed by atoms with van der Waals surface area (Å²) in [6.45, 7) is 10.9. The van der Waals surface area contributed by atoms with Crippen LogP contribution in [-0.4, -0.2) is 83.7 Å². The van der Waals surface area contributed by atoms with Crippen molar-refractivity contribution in [3.8, 4) is 16.9 Å². The molecule has 0 unspecified atom stereocenters. The first-order valence-corrected chi connectivity index (χ1v) is 17.4. The Morgan fingerprint density at radius 3 is 2.59 bits per heavy atom. The minimum atomic E-state index is -0.389.